The molecule has 0 N–H and O–H groups in total. The second kappa shape index (κ2) is 12.0. The molecule has 1 aromatic carbocycles. The Morgan fingerprint density at radius 2 is 1.78 bits per heavy atom. The molecule has 0 bridgehead atoms. The Kier molecular flexibility index (Phi) is 8.47. The first-order valence-corrected chi connectivity index (χ1v) is 15.5. The fraction of sp³-hybridized carbons (Fsp3) is 0.464. The van der Waals surface area contributed by atoms with E-state index in [0.717, 1.165) is 25.1 Å². The van der Waals surface area contributed by atoms with Gasteiger partial charge in [0.15, 0.2) is 11.3 Å². The fourth-order valence-corrected chi connectivity index (χ4v) is 6.51. The number of hydrogen-bond donors (Lipinski definition) is 0. The van der Waals surface area contributed by atoms with Gasteiger partial charge >= 0.3 is 0 Å². The number of aromatic nitrogens is 6. The number of ether oxygens (including phenoxy) is 1. The molecule has 1 aliphatic heterocycles. The Hall–Kier alpha value is -3.68. The molecule has 0 aliphatic carbocycles. The van der Waals surface area contributed by atoms with Crippen molar-refractivity contribution in [1.82, 2.24) is 38.5 Å². The van der Waals surface area contributed by atoms with E-state index in [-0.39, 0.29) is 16.0 Å². The highest BCUT2D eigenvalue weighted by Gasteiger charge is 2.30. The van der Waals surface area contributed by atoms with Crippen LogP contribution in [-0.2, 0) is 23.5 Å². The van der Waals surface area contributed by atoms with Crippen molar-refractivity contribution in [2.24, 2.45) is 7.05 Å². The first kappa shape index (κ1) is 28.8. The number of hydrogen-bond acceptors (Lipinski definition) is 9. The van der Waals surface area contributed by atoms with E-state index in [1.54, 1.807) is 42.2 Å². The van der Waals surface area contributed by atoms with Crippen molar-refractivity contribution in [3.05, 3.63) is 52.8 Å². The van der Waals surface area contributed by atoms with Crippen molar-refractivity contribution >= 4 is 21.1 Å². The third-order valence-electron chi connectivity index (χ3n) is 7.34. The molecule has 0 atom stereocenters. The molecule has 4 aromatic rings. The zero-order valence-electron chi connectivity index (χ0n) is 23.9. The molecule has 12 nitrogen and oxygen atoms in total. The van der Waals surface area contributed by atoms with Crippen LogP contribution in [0.2, 0.25) is 0 Å². The van der Waals surface area contributed by atoms with Crippen LogP contribution in [0.15, 0.2) is 46.5 Å². The summed E-state index contributed by atoms with van der Waals surface area (Å²) in [6, 6.07) is 6.53. The minimum atomic E-state index is -3.77. The average Bonchev–Trinajstić information content (AvgIpc) is 3.36. The molecule has 0 amide bonds. The summed E-state index contributed by atoms with van der Waals surface area (Å²) in [6.45, 7) is 9.63. The molecule has 41 heavy (non-hydrogen) atoms. The average molecular weight is 581 g/mol. The monoisotopic (exact) mass is 580 g/mol. The fourth-order valence-electron chi connectivity index (χ4n) is 5.06. The Bertz CT molecular complexity index is 1690. The van der Waals surface area contributed by atoms with E-state index < -0.39 is 10.0 Å². The number of sulfonamides is 1. The lowest BCUT2D eigenvalue weighted by Gasteiger charge is -2.33. The Morgan fingerprint density at radius 3 is 2.44 bits per heavy atom. The number of benzene rings is 1. The molecular weight excluding hydrogens is 544 g/mol. The second-order valence-electron chi connectivity index (χ2n) is 10.0. The molecule has 0 unspecified atom stereocenters. The predicted octanol–water partition coefficient (Wildman–Crippen LogP) is 2.64. The highest BCUT2D eigenvalue weighted by atomic mass is 32.2. The smallest absolute Gasteiger partial charge is 0.281 e. The largest absolute Gasteiger partial charge is 0.493 e. The van der Waals surface area contributed by atoms with Crippen LogP contribution in [0, 0.1) is 0 Å². The van der Waals surface area contributed by atoms with Gasteiger partial charge in [-0.3, -0.25) is 9.36 Å². The van der Waals surface area contributed by atoms with E-state index in [4.69, 9.17) is 9.72 Å². The topological polar surface area (TPSA) is 128 Å². The molecular formula is C28H36N8O4S. The van der Waals surface area contributed by atoms with Crippen molar-refractivity contribution in [3.8, 4) is 23.0 Å². The van der Waals surface area contributed by atoms with Gasteiger partial charge in [0.1, 0.15) is 23.4 Å². The van der Waals surface area contributed by atoms with Gasteiger partial charge in [-0.05, 0) is 37.6 Å². The van der Waals surface area contributed by atoms with Gasteiger partial charge in [-0.15, -0.1) is 0 Å². The van der Waals surface area contributed by atoms with Crippen molar-refractivity contribution in [2.75, 3.05) is 39.3 Å². The minimum absolute atomic E-state index is 0.140. The van der Waals surface area contributed by atoms with Gasteiger partial charge in [-0.25, -0.2) is 28.1 Å². The molecule has 0 radical (unpaired) electrons. The Balaban J connectivity index is 1.68. The van der Waals surface area contributed by atoms with Crippen molar-refractivity contribution in [2.45, 2.75) is 44.9 Å². The van der Waals surface area contributed by atoms with Crippen LogP contribution in [0.4, 0.5) is 0 Å². The molecule has 4 heterocycles. The summed E-state index contributed by atoms with van der Waals surface area (Å²) in [7, 11) is -2.16. The van der Waals surface area contributed by atoms with Crippen LogP contribution in [0.5, 0.6) is 5.75 Å². The number of fused-ring (bicyclic) bond motifs is 1. The standard InChI is InChI=1S/C28H36N8O4S/c1-5-8-22-25-26(32-36(22)24-11-12-29-19-30-24)28(37)33(4)27(31-25)21-18-20(9-10-23(21)40-17-6-2)41(38,39)35-15-13-34(7-3)14-16-35/h9-12,18-19H,5-8,13-17H2,1-4H3. The molecule has 0 saturated carbocycles. The molecule has 5 rings (SSSR count). The lowest BCUT2D eigenvalue weighted by molar-refractivity contribution is 0.196. The zero-order valence-corrected chi connectivity index (χ0v) is 24.8. The normalized spacial score (nSPS) is 15.0. The summed E-state index contributed by atoms with van der Waals surface area (Å²) in [5, 5.41) is 4.59. The molecule has 0 spiro atoms. The summed E-state index contributed by atoms with van der Waals surface area (Å²) < 4.78 is 38.0. The van der Waals surface area contributed by atoms with Crippen LogP contribution in [0.3, 0.4) is 0 Å². The molecule has 1 fully saturated rings. The van der Waals surface area contributed by atoms with Crippen molar-refractivity contribution in [1.29, 1.82) is 0 Å². The third-order valence-corrected chi connectivity index (χ3v) is 9.23. The van der Waals surface area contributed by atoms with Crippen LogP contribution >= 0.6 is 0 Å². The lowest BCUT2D eigenvalue weighted by atomic mass is 10.1. The van der Waals surface area contributed by atoms with Crippen LogP contribution in [0.1, 0.15) is 39.3 Å². The number of aryl methyl sites for hydroxylation is 1. The zero-order chi connectivity index (χ0) is 29.1. The van der Waals surface area contributed by atoms with E-state index in [1.807, 2.05) is 13.8 Å². The van der Waals surface area contributed by atoms with Gasteiger partial charge in [0.05, 0.1) is 22.8 Å². The summed E-state index contributed by atoms with van der Waals surface area (Å²) in [5.74, 6) is 1.30. The molecule has 3 aromatic heterocycles. The maximum absolute atomic E-state index is 13.7. The SMILES string of the molecule is CCCOc1ccc(S(=O)(=O)N2CCN(CC)CC2)cc1-c1nc2c(CCC)n(-c3ccncn3)nc2c(=O)n1C. The number of piperazine rings is 1. The molecule has 1 aliphatic rings. The van der Waals surface area contributed by atoms with E-state index in [0.29, 0.717) is 67.7 Å². The summed E-state index contributed by atoms with van der Waals surface area (Å²) in [6.07, 6.45) is 5.21. The first-order valence-electron chi connectivity index (χ1n) is 14.0. The van der Waals surface area contributed by atoms with E-state index in [9.17, 15) is 13.2 Å². The number of nitrogens with zero attached hydrogens (tertiary/aromatic N) is 8. The molecule has 13 heteroatoms. The third kappa shape index (κ3) is 5.48. The Labute approximate surface area is 239 Å². The minimum Gasteiger partial charge on any atom is -0.493 e. The van der Waals surface area contributed by atoms with Crippen LogP contribution in [0.25, 0.3) is 28.2 Å². The summed E-state index contributed by atoms with van der Waals surface area (Å²) >= 11 is 0. The summed E-state index contributed by atoms with van der Waals surface area (Å²) in [4.78, 5) is 29.3. The van der Waals surface area contributed by atoms with Crippen LogP contribution in [-0.4, -0.2) is 86.3 Å². The van der Waals surface area contributed by atoms with Crippen LogP contribution < -0.4 is 10.3 Å². The van der Waals surface area contributed by atoms with Gasteiger partial charge in [-0.1, -0.05) is 27.2 Å². The Morgan fingerprint density at radius 1 is 1.00 bits per heavy atom. The maximum Gasteiger partial charge on any atom is 0.281 e. The predicted molar refractivity (Wildman–Crippen MR) is 156 cm³/mol. The van der Waals surface area contributed by atoms with Crippen molar-refractivity contribution < 1.29 is 13.2 Å². The van der Waals surface area contributed by atoms with E-state index in [1.165, 1.54) is 15.2 Å². The van der Waals surface area contributed by atoms with Gasteiger partial charge in [0, 0.05) is 45.5 Å². The number of rotatable bonds is 10. The van der Waals surface area contributed by atoms with Crippen molar-refractivity contribution in [3.63, 3.8) is 0 Å². The summed E-state index contributed by atoms with van der Waals surface area (Å²) in [5.41, 5.74) is 1.50. The van der Waals surface area contributed by atoms with Gasteiger partial charge in [0.25, 0.3) is 5.56 Å². The lowest BCUT2D eigenvalue weighted by Crippen LogP contribution is -2.48. The first-order chi connectivity index (χ1) is 19.8. The highest BCUT2D eigenvalue weighted by molar-refractivity contribution is 7.89. The van der Waals surface area contributed by atoms with E-state index in [2.05, 4.69) is 26.9 Å². The van der Waals surface area contributed by atoms with Gasteiger partial charge in [-0.2, -0.15) is 9.40 Å². The van der Waals surface area contributed by atoms with Gasteiger partial charge in [0.2, 0.25) is 10.0 Å². The molecule has 1 saturated heterocycles. The second-order valence-corrected chi connectivity index (χ2v) is 12.0. The quantitative estimate of drug-likeness (QED) is 0.278. The number of likely N-dealkylation sites (N-methyl/N-ethyl adjacent to an activating group) is 1. The molecule has 218 valence electrons. The van der Waals surface area contributed by atoms with E-state index >= 15 is 0 Å². The maximum atomic E-state index is 13.7. The highest BCUT2D eigenvalue weighted by Crippen LogP contribution is 2.33. The van der Waals surface area contributed by atoms with Gasteiger partial charge < -0.3 is 9.64 Å².